The lowest BCUT2D eigenvalue weighted by molar-refractivity contribution is 0.0664. The number of hydrogen-bond acceptors (Lipinski definition) is 2. The Hall–Kier alpha value is -0.580. The molecule has 0 radical (unpaired) electrons. The van der Waals surface area contributed by atoms with E-state index in [9.17, 15) is 4.79 Å². The predicted molar refractivity (Wildman–Crippen MR) is 74.8 cm³/mol. The minimum absolute atomic E-state index is 0. The van der Waals surface area contributed by atoms with E-state index in [0.717, 1.165) is 36.2 Å². The number of carbonyl (C=O) groups excluding carboxylic acids is 1. The highest BCUT2D eigenvalue weighted by Gasteiger charge is 2.20. The molecule has 94 valence electrons. The van der Waals surface area contributed by atoms with Crippen LogP contribution in [0.15, 0.2) is 28.7 Å². The highest BCUT2D eigenvalue weighted by molar-refractivity contribution is 9.10. The van der Waals surface area contributed by atoms with Crippen LogP contribution in [0.4, 0.5) is 0 Å². The van der Waals surface area contributed by atoms with Gasteiger partial charge in [0.15, 0.2) is 0 Å². The summed E-state index contributed by atoms with van der Waals surface area (Å²) in [7, 11) is 2.08. The molecule has 0 aromatic heterocycles. The van der Waals surface area contributed by atoms with E-state index in [1.807, 2.05) is 29.2 Å². The quantitative estimate of drug-likeness (QED) is 0.793. The second kappa shape index (κ2) is 6.38. The number of amides is 1. The van der Waals surface area contributed by atoms with Crippen molar-refractivity contribution >= 4 is 34.2 Å². The summed E-state index contributed by atoms with van der Waals surface area (Å²) >= 11 is 3.39. The molecular formula is C12H16BrClN2O. The highest BCUT2D eigenvalue weighted by Crippen LogP contribution is 2.14. The smallest absolute Gasteiger partial charge is 0.253 e. The Balaban J connectivity index is 0.00000144. The molecule has 1 aromatic carbocycles. The lowest BCUT2D eigenvalue weighted by Gasteiger charge is -2.32. The first-order chi connectivity index (χ1) is 7.66. The monoisotopic (exact) mass is 318 g/mol. The van der Waals surface area contributed by atoms with Gasteiger partial charge in [0, 0.05) is 36.2 Å². The van der Waals surface area contributed by atoms with Crippen LogP contribution in [0.25, 0.3) is 0 Å². The molecule has 1 aromatic rings. The van der Waals surface area contributed by atoms with Crippen LogP contribution in [-0.4, -0.2) is 48.9 Å². The summed E-state index contributed by atoms with van der Waals surface area (Å²) in [5.41, 5.74) is 0.763. The third kappa shape index (κ3) is 3.69. The Morgan fingerprint density at radius 3 is 2.47 bits per heavy atom. The summed E-state index contributed by atoms with van der Waals surface area (Å²) in [6.07, 6.45) is 0. The van der Waals surface area contributed by atoms with Crippen LogP contribution < -0.4 is 0 Å². The van der Waals surface area contributed by atoms with Crippen molar-refractivity contribution in [2.75, 3.05) is 33.2 Å². The van der Waals surface area contributed by atoms with Gasteiger partial charge in [0.25, 0.3) is 5.91 Å². The summed E-state index contributed by atoms with van der Waals surface area (Å²) in [5, 5.41) is 0. The molecule has 0 spiro atoms. The van der Waals surface area contributed by atoms with Gasteiger partial charge < -0.3 is 9.80 Å². The second-order valence-corrected chi connectivity index (χ2v) is 5.02. The van der Waals surface area contributed by atoms with E-state index < -0.39 is 0 Å². The largest absolute Gasteiger partial charge is 0.336 e. The molecule has 1 heterocycles. The van der Waals surface area contributed by atoms with Gasteiger partial charge in [-0.15, -0.1) is 12.4 Å². The molecule has 1 aliphatic heterocycles. The van der Waals surface area contributed by atoms with Crippen molar-refractivity contribution in [2.24, 2.45) is 0 Å². The normalized spacial score (nSPS) is 16.5. The predicted octanol–water partition coefficient (Wildman–Crippen LogP) is 2.26. The van der Waals surface area contributed by atoms with E-state index in [0.29, 0.717) is 0 Å². The molecular weight excluding hydrogens is 304 g/mol. The third-order valence-corrected chi connectivity index (χ3v) is 3.36. The molecule has 1 aliphatic rings. The highest BCUT2D eigenvalue weighted by atomic mass is 79.9. The summed E-state index contributed by atoms with van der Waals surface area (Å²) in [6, 6.07) is 7.57. The van der Waals surface area contributed by atoms with E-state index in [1.54, 1.807) is 0 Å². The number of carbonyl (C=O) groups is 1. The summed E-state index contributed by atoms with van der Waals surface area (Å²) < 4.78 is 0.951. The molecule has 0 saturated carbocycles. The lowest BCUT2D eigenvalue weighted by Crippen LogP contribution is -2.47. The average molecular weight is 320 g/mol. The first-order valence-corrected chi connectivity index (χ1v) is 6.19. The van der Waals surface area contributed by atoms with Gasteiger partial charge in [-0.2, -0.15) is 0 Å². The molecule has 0 unspecified atom stereocenters. The van der Waals surface area contributed by atoms with E-state index in [2.05, 4.69) is 27.9 Å². The molecule has 5 heteroatoms. The average Bonchev–Trinajstić information content (AvgIpc) is 2.29. The van der Waals surface area contributed by atoms with Crippen molar-refractivity contribution in [3.8, 4) is 0 Å². The molecule has 1 saturated heterocycles. The van der Waals surface area contributed by atoms with Crippen molar-refractivity contribution in [1.29, 1.82) is 0 Å². The topological polar surface area (TPSA) is 23.6 Å². The standard InChI is InChI=1S/C12H15BrN2O.ClH/c1-14-5-7-15(8-6-14)12(16)10-3-2-4-11(13)9-10;/h2-4,9H,5-8H2,1H3;1H. The summed E-state index contributed by atoms with van der Waals surface area (Å²) in [4.78, 5) is 16.3. The fourth-order valence-corrected chi connectivity index (χ4v) is 2.21. The van der Waals surface area contributed by atoms with Crippen LogP contribution in [-0.2, 0) is 0 Å². The molecule has 0 atom stereocenters. The minimum atomic E-state index is 0. The fraction of sp³-hybridized carbons (Fsp3) is 0.417. The van der Waals surface area contributed by atoms with Gasteiger partial charge in [-0.05, 0) is 25.2 Å². The van der Waals surface area contributed by atoms with Gasteiger partial charge in [-0.25, -0.2) is 0 Å². The van der Waals surface area contributed by atoms with E-state index in [4.69, 9.17) is 0 Å². The fourth-order valence-electron chi connectivity index (χ4n) is 1.81. The van der Waals surface area contributed by atoms with Crippen LogP contribution in [0, 0.1) is 0 Å². The molecule has 17 heavy (non-hydrogen) atoms. The van der Waals surface area contributed by atoms with E-state index >= 15 is 0 Å². The number of benzene rings is 1. The van der Waals surface area contributed by atoms with Crippen molar-refractivity contribution < 1.29 is 4.79 Å². The molecule has 1 amide bonds. The first kappa shape index (κ1) is 14.5. The number of rotatable bonds is 1. The van der Waals surface area contributed by atoms with Gasteiger partial charge in [0.05, 0.1) is 0 Å². The van der Waals surface area contributed by atoms with Gasteiger partial charge in [-0.3, -0.25) is 4.79 Å². The molecule has 0 bridgehead atoms. The van der Waals surface area contributed by atoms with Crippen molar-refractivity contribution in [3.63, 3.8) is 0 Å². The lowest BCUT2D eigenvalue weighted by atomic mass is 10.2. The van der Waals surface area contributed by atoms with Crippen molar-refractivity contribution in [2.45, 2.75) is 0 Å². The summed E-state index contributed by atoms with van der Waals surface area (Å²) in [6.45, 7) is 3.56. The Bertz CT molecular complexity index is 392. The minimum Gasteiger partial charge on any atom is -0.336 e. The molecule has 3 nitrogen and oxygen atoms in total. The van der Waals surface area contributed by atoms with Crippen LogP contribution in [0.3, 0.4) is 0 Å². The second-order valence-electron chi connectivity index (χ2n) is 4.11. The van der Waals surface area contributed by atoms with Crippen molar-refractivity contribution in [1.82, 2.24) is 9.80 Å². The Kier molecular flexibility index (Phi) is 5.43. The SMILES string of the molecule is CN1CCN(C(=O)c2cccc(Br)c2)CC1.Cl. The van der Waals surface area contributed by atoms with Gasteiger partial charge in [0.1, 0.15) is 0 Å². The van der Waals surface area contributed by atoms with Gasteiger partial charge in [0.2, 0.25) is 0 Å². The summed E-state index contributed by atoms with van der Waals surface area (Å²) in [5.74, 6) is 0.134. The maximum Gasteiger partial charge on any atom is 0.253 e. The zero-order valence-electron chi connectivity index (χ0n) is 9.73. The van der Waals surface area contributed by atoms with Crippen molar-refractivity contribution in [3.05, 3.63) is 34.3 Å². The van der Waals surface area contributed by atoms with Gasteiger partial charge >= 0.3 is 0 Å². The molecule has 2 rings (SSSR count). The van der Waals surface area contributed by atoms with E-state index in [1.165, 1.54) is 0 Å². The van der Waals surface area contributed by atoms with Crippen LogP contribution in [0.1, 0.15) is 10.4 Å². The number of hydrogen-bond donors (Lipinski definition) is 0. The Morgan fingerprint density at radius 2 is 1.88 bits per heavy atom. The first-order valence-electron chi connectivity index (χ1n) is 5.40. The van der Waals surface area contributed by atoms with Crippen LogP contribution in [0.2, 0.25) is 0 Å². The molecule has 1 fully saturated rings. The van der Waals surface area contributed by atoms with Crippen LogP contribution >= 0.6 is 28.3 Å². The third-order valence-electron chi connectivity index (χ3n) is 2.86. The number of halogens is 2. The number of nitrogens with zero attached hydrogens (tertiary/aromatic N) is 2. The molecule has 0 N–H and O–H groups in total. The maximum absolute atomic E-state index is 12.1. The van der Waals surface area contributed by atoms with E-state index in [-0.39, 0.29) is 18.3 Å². The van der Waals surface area contributed by atoms with Crippen LogP contribution in [0.5, 0.6) is 0 Å². The van der Waals surface area contributed by atoms with Gasteiger partial charge in [-0.1, -0.05) is 22.0 Å². The number of likely N-dealkylation sites (N-methyl/N-ethyl adjacent to an activating group) is 1. The maximum atomic E-state index is 12.1. The molecule has 0 aliphatic carbocycles. The zero-order chi connectivity index (χ0) is 11.5. The Morgan fingerprint density at radius 1 is 1.24 bits per heavy atom. The zero-order valence-corrected chi connectivity index (χ0v) is 12.1. The Labute approximate surface area is 116 Å². The number of piperazine rings is 1.